The molecular weight excluding hydrogens is 600 g/mol. The van der Waals surface area contributed by atoms with E-state index in [1.54, 1.807) is 36.4 Å². The number of methoxy groups -OCH3 is 3. The molecule has 13 nitrogen and oxygen atoms in total. The van der Waals surface area contributed by atoms with Crippen LogP contribution in [0.2, 0.25) is 0 Å². The summed E-state index contributed by atoms with van der Waals surface area (Å²) in [4.78, 5) is 51.7. The molecule has 246 valence electrons. The predicted molar refractivity (Wildman–Crippen MR) is 165 cm³/mol. The summed E-state index contributed by atoms with van der Waals surface area (Å²) in [6, 6.07) is 20.9. The number of esters is 2. The van der Waals surface area contributed by atoms with Crippen molar-refractivity contribution in [2.45, 2.75) is 25.5 Å². The third kappa shape index (κ3) is 9.03. The van der Waals surface area contributed by atoms with Gasteiger partial charge in [0.2, 0.25) is 12.5 Å². The van der Waals surface area contributed by atoms with Crippen molar-refractivity contribution >= 4 is 24.1 Å². The van der Waals surface area contributed by atoms with Gasteiger partial charge in [0.05, 0.1) is 26.9 Å². The lowest BCUT2D eigenvalue weighted by Crippen LogP contribution is -2.50. The highest BCUT2D eigenvalue weighted by Gasteiger charge is 2.40. The highest BCUT2D eigenvalue weighted by Crippen LogP contribution is 2.39. The second-order valence-electron chi connectivity index (χ2n) is 9.76. The van der Waals surface area contributed by atoms with Crippen LogP contribution in [0.3, 0.4) is 0 Å². The van der Waals surface area contributed by atoms with Crippen molar-refractivity contribution in [2.24, 2.45) is 0 Å². The molecule has 0 bridgehead atoms. The van der Waals surface area contributed by atoms with Gasteiger partial charge in [0.15, 0.2) is 11.5 Å². The molecule has 0 radical (unpaired) electrons. The van der Waals surface area contributed by atoms with Crippen LogP contribution in [0, 0.1) is 0 Å². The summed E-state index contributed by atoms with van der Waals surface area (Å²) in [7, 11) is 5.79. The van der Waals surface area contributed by atoms with Gasteiger partial charge in [-0.3, -0.25) is 9.69 Å². The Morgan fingerprint density at radius 3 is 1.96 bits per heavy atom. The molecule has 0 aromatic heterocycles. The molecule has 0 saturated carbocycles. The van der Waals surface area contributed by atoms with Gasteiger partial charge in [-0.15, -0.1) is 0 Å². The van der Waals surface area contributed by atoms with Crippen LogP contribution in [0.15, 0.2) is 72.8 Å². The molecule has 3 aromatic carbocycles. The van der Waals surface area contributed by atoms with E-state index < -0.39 is 43.0 Å². The van der Waals surface area contributed by atoms with Gasteiger partial charge in [-0.05, 0) is 29.7 Å². The van der Waals surface area contributed by atoms with Crippen LogP contribution in [-0.4, -0.2) is 77.3 Å². The smallest absolute Gasteiger partial charge is 0.413 e. The van der Waals surface area contributed by atoms with Crippen LogP contribution < -0.4 is 19.5 Å². The van der Waals surface area contributed by atoms with E-state index in [-0.39, 0.29) is 30.3 Å². The first-order valence-electron chi connectivity index (χ1n) is 14.2. The SMILES string of the molecule is CC[C@@](COC(=O)c1cc(OC)c(OC)c(OC)c1)(c1ccccc1)N(C)C(=O)OCOC(=O)CNC(=O)OCc1ccccc1. The van der Waals surface area contributed by atoms with Crippen LogP contribution >= 0.6 is 0 Å². The van der Waals surface area contributed by atoms with Crippen molar-refractivity contribution in [2.75, 3.05) is 48.3 Å². The van der Waals surface area contributed by atoms with Gasteiger partial charge >= 0.3 is 24.1 Å². The highest BCUT2D eigenvalue weighted by molar-refractivity contribution is 5.91. The van der Waals surface area contributed by atoms with Gasteiger partial charge in [-0.2, -0.15) is 0 Å². The van der Waals surface area contributed by atoms with Crippen molar-refractivity contribution < 1.29 is 52.3 Å². The van der Waals surface area contributed by atoms with Crippen LogP contribution in [0.1, 0.15) is 34.8 Å². The Morgan fingerprint density at radius 2 is 1.39 bits per heavy atom. The van der Waals surface area contributed by atoms with Crippen LogP contribution in [0.25, 0.3) is 0 Å². The normalized spacial score (nSPS) is 11.7. The quantitative estimate of drug-likeness (QED) is 0.141. The Labute approximate surface area is 267 Å². The minimum atomic E-state index is -1.16. The van der Waals surface area contributed by atoms with Gasteiger partial charge < -0.3 is 38.5 Å². The Kier molecular flexibility index (Phi) is 13.0. The van der Waals surface area contributed by atoms with Gasteiger partial charge in [-0.25, -0.2) is 14.4 Å². The van der Waals surface area contributed by atoms with E-state index in [0.717, 1.165) is 5.56 Å². The third-order valence-electron chi connectivity index (χ3n) is 7.15. The summed E-state index contributed by atoms with van der Waals surface area (Å²) in [5, 5.41) is 2.27. The largest absolute Gasteiger partial charge is 0.493 e. The molecular formula is C33H38N2O11. The van der Waals surface area contributed by atoms with Crippen LogP contribution in [0.5, 0.6) is 17.2 Å². The fourth-order valence-electron chi connectivity index (χ4n) is 4.52. The molecule has 1 N–H and O–H groups in total. The molecule has 0 aliphatic rings. The van der Waals surface area contributed by atoms with E-state index in [1.165, 1.54) is 45.4 Å². The summed E-state index contributed by atoms with van der Waals surface area (Å²) in [6.45, 7) is 0.392. The monoisotopic (exact) mass is 638 g/mol. The van der Waals surface area contributed by atoms with Crippen molar-refractivity contribution in [3.63, 3.8) is 0 Å². The topological polar surface area (TPSA) is 148 Å². The molecule has 0 heterocycles. The molecule has 0 aliphatic heterocycles. The number of likely N-dealkylation sites (N-methyl/N-ethyl adjacent to an activating group) is 1. The van der Waals surface area contributed by atoms with Crippen molar-refractivity contribution in [3.8, 4) is 17.2 Å². The molecule has 3 aromatic rings. The van der Waals surface area contributed by atoms with Crippen molar-refractivity contribution in [1.29, 1.82) is 0 Å². The van der Waals surface area contributed by atoms with E-state index in [4.69, 9.17) is 33.2 Å². The van der Waals surface area contributed by atoms with Crippen molar-refractivity contribution in [3.05, 3.63) is 89.5 Å². The van der Waals surface area contributed by atoms with Gasteiger partial charge in [-0.1, -0.05) is 67.6 Å². The van der Waals surface area contributed by atoms with E-state index in [2.05, 4.69) is 5.32 Å². The van der Waals surface area contributed by atoms with Gasteiger partial charge in [0.25, 0.3) is 0 Å². The van der Waals surface area contributed by atoms with Gasteiger partial charge in [0, 0.05) is 7.05 Å². The van der Waals surface area contributed by atoms with Crippen molar-refractivity contribution in [1.82, 2.24) is 10.2 Å². The molecule has 13 heteroatoms. The summed E-state index contributed by atoms with van der Waals surface area (Å²) < 4.78 is 36.9. The standard InChI is InChI=1S/C33H38N2O11/c1-6-33(25-15-11-8-12-16-25,21-44-30(37)24-17-26(40-3)29(42-5)27(18-24)41-4)35(2)32(39)46-22-45-28(36)19-34-31(38)43-20-23-13-9-7-10-14-23/h7-18H,6,19-22H2,1-5H3,(H,34,38)/t33-/m1/s1. The average molecular weight is 639 g/mol. The first kappa shape index (κ1) is 35.0. The number of carbonyl (C=O) groups excluding carboxylic acids is 4. The second kappa shape index (κ2) is 17.1. The number of hydrogen-bond acceptors (Lipinski definition) is 11. The third-order valence-corrected chi connectivity index (χ3v) is 7.15. The molecule has 2 amide bonds. The number of carbonyl (C=O) groups is 4. The molecule has 0 unspecified atom stereocenters. The number of alkyl carbamates (subject to hydrolysis) is 1. The number of ether oxygens (including phenoxy) is 7. The maximum absolute atomic E-state index is 13.2. The van der Waals surface area contributed by atoms with E-state index in [1.807, 2.05) is 31.2 Å². The number of hydrogen-bond donors (Lipinski definition) is 1. The molecule has 0 fully saturated rings. The zero-order chi connectivity index (χ0) is 33.5. The lowest BCUT2D eigenvalue weighted by atomic mass is 9.86. The Morgan fingerprint density at radius 1 is 0.783 bits per heavy atom. The summed E-state index contributed by atoms with van der Waals surface area (Å²) >= 11 is 0. The summed E-state index contributed by atoms with van der Waals surface area (Å²) in [5.41, 5.74) is 0.431. The number of benzene rings is 3. The van der Waals surface area contributed by atoms with E-state index in [9.17, 15) is 19.2 Å². The first-order chi connectivity index (χ1) is 22.2. The maximum Gasteiger partial charge on any atom is 0.413 e. The molecule has 0 aliphatic carbocycles. The predicted octanol–water partition coefficient (Wildman–Crippen LogP) is 4.67. The van der Waals surface area contributed by atoms with E-state index >= 15 is 0 Å². The molecule has 0 saturated heterocycles. The Bertz CT molecular complexity index is 1440. The zero-order valence-electron chi connectivity index (χ0n) is 26.4. The molecule has 3 rings (SSSR count). The molecule has 46 heavy (non-hydrogen) atoms. The van der Waals surface area contributed by atoms with Gasteiger partial charge in [0.1, 0.15) is 25.3 Å². The maximum atomic E-state index is 13.2. The lowest BCUT2D eigenvalue weighted by molar-refractivity contribution is -0.151. The number of amides is 2. The second-order valence-corrected chi connectivity index (χ2v) is 9.76. The zero-order valence-corrected chi connectivity index (χ0v) is 26.4. The number of rotatable bonds is 15. The van der Waals surface area contributed by atoms with E-state index in [0.29, 0.717) is 17.7 Å². The summed E-state index contributed by atoms with van der Waals surface area (Å²) in [6.07, 6.45) is -1.34. The Hall–Kier alpha value is -5.46. The lowest BCUT2D eigenvalue weighted by Gasteiger charge is -2.40. The Balaban J connectivity index is 1.62. The van der Waals surface area contributed by atoms with Crippen LogP contribution in [0.4, 0.5) is 9.59 Å². The molecule has 1 atom stereocenters. The number of nitrogens with zero attached hydrogens (tertiary/aromatic N) is 1. The highest BCUT2D eigenvalue weighted by atomic mass is 16.7. The average Bonchev–Trinajstić information content (AvgIpc) is 3.10. The van der Waals surface area contributed by atoms with Crippen LogP contribution in [-0.2, 0) is 35.9 Å². The minimum absolute atomic E-state index is 0.0318. The fraction of sp³-hybridized carbons (Fsp3) is 0.333. The first-order valence-corrected chi connectivity index (χ1v) is 14.2. The summed E-state index contributed by atoms with van der Waals surface area (Å²) in [5.74, 6) is -0.688. The number of nitrogens with one attached hydrogen (secondary N) is 1. The fourth-order valence-corrected chi connectivity index (χ4v) is 4.52. The minimum Gasteiger partial charge on any atom is -0.493 e. The molecule has 0 spiro atoms.